The second-order valence-electron chi connectivity index (χ2n) is 6.86. The number of anilines is 2. The second-order valence-corrected chi connectivity index (χ2v) is 7.78. The SMILES string of the molecule is O=C(COc1ccc(NC(=O)Nc2ccccc2)cc1)N=Nc1c(O)[nH]c2ccc(Br)cc12. The number of aromatic hydroxyl groups is 1. The van der Waals surface area contributed by atoms with E-state index in [0.29, 0.717) is 28.0 Å². The molecule has 4 aromatic rings. The topological polar surface area (TPSA) is 128 Å². The molecule has 0 radical (unpaired) electrons. The van der Waals surface area contributed by atoms with Crippen molar-refractivity contribution in [3.63, 3.8) is 0 Å². The summed E-state index contributed by atoms with van der Waals surface area (Å²) in [7, 11) is 0. The number of carbonyl (C=O) groups is 2. The van der Waals surface area contributed by atoms with Crippen molar-refractivity contribution in [3.8, 4) is 11.6 Å². The fourth-order valence-corrected chi connectivity index (χ4v) is 3.33. The summed E-state index contributed by atoms with van der Waals surface area (Å²) in [6.45, 7) is -0.336. The number of hydrogen-bond donors (Lipinski definition) is 4. The maximum atomic E-state index is 12.1. The lowest BCUT2D eigenvalue weighted by Gasteiger charge is -2.08. The Morgan fingerprint density at radius 3 is 2.39 bits per heavy atom. The van der Waals surface area contributed by atoms with Crippen LogP contribution in [-0.4, -0.2) is 28.6 Å². The smallest absolute Gasteiger partial charge is 0.323 e. The first-order valence-electron chi connectivity index (χ1n) is 9.78. The molecule has 3 aromatic carbocycles. The highest BCUT2D eigenvalue weighted by molar-refractivity contribution is 9.10. The number of carbonyl (C=O) groups excluding carboxylic acids is 2. The standard InChI is InChI=1S/C23H18BrN5O4/c24-14-6-11-19-18(12-14)21(22(31)27-19)29-28-20(30)13-33-17-9-7-16(8-10-17)26-23(32)25-15-4-2-1-3-5-15/h1-12,27,31H,13H2,(H2,25,26,32). The van der Waals surface area contributed by atoms with Gasteiger partial charge in [0.25, 0.3) is 0 Å². The number of aromatic nitrogens is 1. The molecule has 10 heteroatoms. The summed E-state index contributed by atoms with van der Waals surface area (Å²) in [5.41, 5.74) is 2.07. The van der Waals surface area contributed by atoms with Gasteiger partial charge in [0.1, 0.15) is 5.75 Å². The molecule has 0 saturated carbocycles. The van der Waals surface area contributed by atoms with Crippen LogP contribution in [0.5, 0.6) is 11.6 Å². The number of aromatic amines is 1. The van der Waals surface area contributed by atoms with Crippen LogP contribution in [0.2, 0.25) is 0 Å². The number of para-hydroxylation sites is 1. The summed E-state index contributed by atoms with van der Waals surface area (Å²) in [5.74, 6) is -0.380. The summed E-state index contributed by atoms with van der Waals surface area (Å²) >= 11 is 3.36. The van der Waals surface area contributed by atoms with Crippen LogP contribution in [0.4, 0.5) is 21.9 Å². The summed E-state index contributed by atoms with van der Waals surface area (Å²) < 4.78 is 6.22. The van der Waals surface area contributed by atoms with Gasteiger partial charge in [0.2, 0.25) is 5.88 Å². The molecule has 0 unspecified atom stereocenters. The van der Waals surface area contributed by atoms with Gasteiger partial charge in [0, 0.05) is 21.2 Å². The zero-order valence-electron chi connectivity index (χ0n) is 17.1. The number of azo groups is 1. The summed E-state index contributed by atoms with van der Waals surface area (Å²) in [4.78, 5) is 26.9. The van der Waals surface area contributed by atoms with Gasteiger partial charge in [-0.25, -0.2) is 4.79 Å². The predicted molar refractivity (Wildman–Crippen MR) is 128 cm³/mol. The van der Waals surface area contributed by atoms with Crippen molar-refractivity contribution in [2.45, 2.75) is 0 Å². The summed E-state index contributed by atoms with van der Waals surface area (Å²) in [6.07, 6.45) is 0. The average Bonchev–Trinajstić information content (AvgIpc) is 3.12. The van der Waals surface area contributed by atoms with Crippen LogP contribution in [0.15, 0.2) is 87.5 Å². The van der Waals surface area contributed by atoms with Crippen molar-refractivity contribution in [3.05, 3.63) is 77.3 Å². The van der Waals surface area contributed by atoms with Gasteiger partial charge in [-0.15, -0.1) is 10.2 Å². The van der Waals surface area contributed by atoms with Crippen molar-refractivity contribution in [2.24, 2.45) is 10.2 Å². The number of halogens is 1. The summed E-state index contributed by atoms with van der Waals surface area (Å²) in [5, 5.41) is 23.5. The Bertz CT molecular complexity index is 1320. The summed E-state index contributed by atoms with van der Waals surface area (Å²) in [6, 6.07) is 20.6. The Morgan fingerprint density at radius 1 is 0.970 bits per heavy atom. The van der Waals surface area contributed by atoms with Gasteiger partial charge in [-0.1, -0.05) is 34.1 Å². The molecule has 4 rings (SSSR count). The Labute approximate surface area is 196 Å². The van der Waals surface area contributed by atoms with Crippen molar-refractivity contribution in [1.29, 1.82) is 0 Å². The van der Waals surface area contributed by atoms with Crippen molar-refractivity contribution in [1.82, 2.24) is 4.98 Å². The van der Waals surface area contributed by atoms with Gasteiger partial charge < -0.3 is 25.5 Å². The Kier molecular flexibility index (Phi) is 6.65. The van der Waals surface area contributed by atoms with E-state index in [0.717, 1.165) is 4.47 Å². The van der Waals surface area contributed by atoms with E-state index in [1.165, 1.54) is 0 Å². The minimum atomic E-state index is -0.622. The number of hydrogen-bond acceptors (Lipinski definition) is 5. The van der Waals surface area contributed by atoms with Gasteiger partial charge in [-0.05, 0) is 54.6 Å². The molecule has 1 heterocycles. The lowest BCUT2D eigenvalue weighted by molar-refractivity contribution is -0.120. The molecule has 9 nitrogen and oxygen atoms in total. The third-order valence-corrected chi connectivity index (χ3v) is 4.98. The molecule has 0 aliphatic carbocycles. The number of H-pyrrole nitrogens is 1. The first-order chi connectivity index (χ1) is 16.0. The number of rotatable bonds is 6. The maximum absolute atomic E-state index is 12.1. The van der Waals surface area contributed by atoms with Gasteiger partial charge in [-0.3, -0.25) is 4.79 Å². The van der Waals surface area contributed by atoms with Gasteiger partial charge in [0.15, 0.2) is 12.3 Å². The quantitative estimate of drug-likeness (QED) is 0.239. The molecule has 0 fully saturated rings. The molecular weight excluding hydrogens is 490 g/mol. The fourth-order valence-electron chi connectivity index (χ4n) is 2.97. The van der Waals surface area contributed by atoms with Crippen LogP contribution in [0.3, 0.4) is 0 Å². The number of nitrogens with one attached hydrogen (secondary N) is 3. The minimum Gasteiger partial charge on any atom is -0.493 e. The molecule has 0 spiro atoms. The maximum Gasteiger partial charge on any atom is 0.323 e. The number of fused-ring (bicyclic) bond motifs is 1. The van der Waals surface area contributed by atoms with E-state index in [9.17, 15) is 14.7 Å². The van der Waals surface area contributed by atoms with Crippen molar-refractivity contribution >= 4 is 55.8 Å². The van der Waals surface area contributed by atoms with Crippen LogP contribution in [0, 0.1) is 0 Å². The van der Waals surface area contributed by atoms with Crippen molar-refractivity contribution < 1.29 is 19.4 Å². The van der Waals surface area contributed by atoms with E-state index in [1.54, 1.807) is 48.5 Å². The molecule has 0 aliphatic rings. The number of nitrogens with zero attached hydrogens (tertiary/aromatic N) is 2. The molecule has 33 heavy (non-hydrogen) atoms. The highest BCUT2D eigenvalue weighted by Crippen LogP contribution is 2.36. The monoisotopic (exact) mass is 507 g/mol. The van der Waals surface area contributed by atoms with E-state index in [2.05, 4.69) is 41.8 Å². The average molecular weight is 508 g/mol. The van der Waals surface area contributed by atoms with E-state index in [1.807, 2.05) is 24.3 Å². The normalized spacial score (nSPS) is 10.9. The van der Waals surface area contributed by atoms with E-state index < -0.39 is 5.91 Å². The van der Waals surface area contributed by atoms with Crippen LogP contribution in [0.25, 0.3) is 10.9 Å². The molecule has 0 bridgehead atoms. The lowest BCUT2D eigenvalue weighted by Crippen LogP contribution is -2.19. The molecule has 166 valence electrons. The molecular formula is C23H18BrN5O4. The molecule has 3 amide bonds. The highest BCUT2D eigenvalue weighted by atomic mass is 79.9. The molecule has 0 aliphatic heterocycles. The lowest BCUT2D eigenvalue weighted by atomic mass is 10.2. The number of benzene rings is 3. The van der Waals surface area contributed by atoms with E-state index in [-0.39, 0.29) is 24.2 Å². The molecule has 0 atom stereocenters. The highest BCUT2D eigenvalue weighted by Gasteiger charge is 2.12. The Morgan fingerprint density at radius 2 is 1.67 bits per heavy atom. The van der Waals surface area contributed by atoms with Crippen LogP contribution >= 0.6 is 15.9 Å². The second kappa shape index (κ2) is 9.96. The molecule has 4 N–H and O–H groups in total. The van der Waals surface area contributed by atoms with Gasteiger partial charge in [0.05, 0.1) is 5.52 Å². The van der Waals surface area contributed by atoms with Crippen LogP contribution < -0.4 is 15.4 Å². The largest absolute Gasteiger partial charge is 0.493 e. The fraction of sp³-hybridized carbons (Fsp3) is 0.0435. The predicted octanol–water partition coefficient (Wildman–Crippen LogP) is 5.97. The molecule has 1 aromatic heterocycles. The van der Waals surface area contributed by atoms with E-state index in [4.69, 9.17) is 4.74 Å². The minimum absolute atomic E-state index is 0.170. The van der Waals surface area contributed by atoms with Crippen LogP contribution in [0.1, 0.15) is 0 Å². The number of amides is 3. The Hall–Kier alpha value is -4.18. The zero-order chi connectivity index (χ0) is 23.2. The first kappa shape index (κ1) is 22.0. The third-order valence-electron chi connectivity index (χ3n) is 4.48. The Balaban J connectivity index is 1.30. The third kappa shape index (κ3) is 5.74. The van der Waals surface area contributed by atoms with Gasteiger partial charge >= 0.3 is 11.9 Å². The van der Waals surface area contributed by atoms with Gasteiger partial charge in [-0.2, -0.15) is 0 Å². The molecule has 0 saturated heterocycles. The number of urea groups is 1. The van der Waals surface area contributed by atoms with Crippen LogP contribution in [-0.2, 0) is 4.79 Å². The first-order valence-corrected chi connectivity index (χ1v) is 10.6. The zero-order valence-corrected chi connectivity index (χ0v) is 18.7. The number of ether oxygens (including phenoxy) is 1. The van der Waals surface area contributed by atoms with E-state index >= 15 is 0 Å². The van der Waals surface area contributed by atoms with Crippen molar-refractivity contribution in [2.75, 3.05) is 17.2 Å².